The Morgan fingerprint density at radius 1 is 1.20 bits per heavy atom. The number of anilines is 1. The minimum Gasteiger partial charge on any atom is -0.384 e. The number of aromatic nitrogens is 4. The van der Waals surface area contributed by atoms with Crippen LogP contribution in [0.2, 0.25) is 0 Å². The Bertz CT molecular complexity index is 753. The Labute approximate surface area is 114 Å². The average Bonchev–Trinajstić information content (AvgIpc) is 3.16. The van der Waals surface area contributed by atoms with Gasteiger partial charge < -0.3 is 9.84 Å². The van der Waals surface area contributed by atoms with Crippen molar-refractivity contribution in [3.63, 3.8) is 0 Å². The molecule has 0 radical (unpaired) electrons. The molecule has 1 aliphatic heterocycles. The van der Waals surface area contributed by atoms with Crippen molar-refractivity contribution in [2.24, 2.45) is 0 Å². The highest BCUT2D eigenvalue weighted by Gasteiger charge is 2.15. The molecule has 0 saturated heterocycles. The Kier molecular flexibility index (Phi) is 2.45. The molecule has 1 N–H and O–H groups in total. The van der Waals surface area contributed by atoms with E-state index >= 15 is 0 Å². The van der Waals surface area contributed by atoms with E-state index in [1.54, 1.807) is 18.6 Å². The topological polar surface area (TPSA) is 76.7 Å². The molecule has 0 spiro atoms. The van der Waals surface area contributed by atoms with E-state index in [0.29, 0.717) is 17.4 Å². The highest BCUT2D eigenvalue weighted by molar-refractivity contribution is 5.67. The van der Waals surface area contributed by atoms with Crippen LogP contribution in [-0.2, 0) is 6.42 Å². The van der Waals surface area contributed by atoms with Gasteiger partial charge >= 0.3 is 0 Å². The number of benzene rings is 1. The standard InChI is InChI=1S/C14H11N5O/c1-2-10(7-11-9(1)3-4-16-11)14-18-13(19-20-14)12-8-15-5-6-17-12/h1-2,5-8,16H,3-4H2. The normalized spacial score (nSPS) is 13.0. The van der Waals surface area contributed by atoms with E-state index < -0.39 is 0 Å². The predicted octanol–water partition coefficient (Wildman–Crippen LogP) is 2.16. The minimum absolute atomic E-state index is 0.446. The summed E-state index contributed by atoms with van der Waals surface area (Å²) in [5.41, 5.74) is 3.96. The summed E-state index contributed by atoms with van der Waals surface area (Å²) in [4.78, 5) is 12.5. The van der Waals surface area contributed by atoms with Crippen molar-refractivity contribution in [2.75, 3.05) is 11.9 Å². The first-order chi connectivity index (χ1) is 9.90. The lowest BCUT2D eigenvalue weighted by Crippen LogP contribution is -1.91. The number of nitrogens with zero attached hydrogens (tertiary/aromatic N) is 4. The van der Waals surface area contributed by atoms with Crippen LogP contribution < -0.4 is 5.32 Å². The third-order valence-corrected chi connectivity index (χ3v) is 3.28. The first-order valence-electron chi connectivity index (χ1n) is 6.37. The Balaban J connectivity index is 1.72. The van der Waals surface area contributed by atoms with Crippen LogP contribution in [0, 0.1) is 0 Å². The summed E-state index contributed by atoms with van der Waals surface area (Å²) in [6.07, 6.45) is 5.88. The van der Waals surface area contributed by atoms with Crippen molar-refractivity contribution in [3.8, 4) is 23.0 Å². The zero-order valence-corrected chi connectivity index (χ0v) is 10.6. The lowest BCUT2D eigenvalue weighted by atomic mass is 10.1. The number of nitrogens with one attached hydrogen (secondary N) is 1. The van der Waals surface area contributed by atoms with Gasteiger partial charge in [-0.05, 0) is 24.1 Å². The Morgan fingerprint density at radius 2 is 2.20 bits per heavy atom. The second-order valence-electron chi connectivity index (χ2n) is 4.56. The summed E-state index contributed by atoms with van der Waals surface area (Å²) < 4.78 is 5.31. The fourth-order valence-corrected chi connectivity index (χ4v) is 2.28. The van der Waals surface area contributed by atoms with Gasteiger partial charge in [-0.25, -0.2) is 4.98 Å². The smallest absolute Gasteiger partial charge is 0.258 e. The van der Waals surface area contributed by atoms with E-state index in [1.807, 2.05) is 12.1 Å². The molecule has 3 aromatic rings. The number of fused-ring (bicyclic) bond motifs is 1. The SMILES string of the molecule is c1cnc(-c2noc(-c3ccc4c(c3)NCC4)n2)cn1. The van der Waals surface area contributed by atoms with Crippen LogP contribution in [0.1, 0.15) is 5.56 Å². The molecule has 1 aromatic carbocycles. The summed E-state index contributed by atoms with van der Waals surface area (Å²) in [7, 11) is 0. The van der Waals surface area contributed by atoms with Crippen LogP contribution in [0.15, 0.2) is 41.3 Å². The molecule has 6 nitrogen and oxygen atoms in total. The quantitative estimate of drug-likeness (QED) is 0.765. The molecule has 20 heavy (non-hydrogen) atoms. The molecule has 0 atom stereocenters. The summed E-state index contributed by atoms with van der Waals surface area (Å²) in [6, 6.07) is 6.13. The fraction of sp³-hybridized carbons (Fsp3) is 0.143. The molecule has 1 aliphatic rings. The molecular formula is C14H11N5O. The van der Waals surface area contributed by atoms with Gasteiger partial charge in [0.15, 0.2) is 0 Å². The van der Waals surface area contributed by atoms with Gasteiger partial charge in [0.2, 0.25) is 5.82 Å². The second kappa shape index (κ2) is 4.41. The summed E-state index contributed by atoms with van der Waals surface area (Å²) in [5.74, 6) is 0.934. The lowest BCUT2D eigenvalue weighted by Gasteiger charge is -2.00. The molecule has 4 rings (SSSR count). The van der Waals surface area contributed by atoms with Crippen LogP contribution in [0.25, 0.3) is 23.0 Å². The van der Waals surface area contributed by atoms with Crippen LogP contribution >= 0.6 is 0 Å². The van der Waals surface area contributed by atoms with Crippen molar-refractivity contribution in [2.45, 2.75) is 6.42 Å². The summed E-state index contributed by atoms with van der Waals surface area (Å²) in [6.45, 7) is 0.980. The zero-order valence-electron chi connectivity index (χ0n) is 10.6. The number of hydrogen-bond acceptors (Lipinski definition) is 6. The van der Waals surface area contributed by atoms with Crippen molar-refractivity contribution in [3.05, 3.63) is 42.4 Å². The third-order valence-electron chi connectivity index (χ3n) is 3.28. The second-order valence-corrected chi connectivity index (χ2v) is 4.56. The molecule has 98 valence electrons. The molecule has 2 aromatic heterocycles. The molecule has 0 saturated carbocycles. The summed E-state index contributed by atoms with van der Waals surface area (Å²) in [5, 5.41) is 7.28. The Hall–Kier alpha value is -2.76. The third kappa shape index (κ3) is 1.82. The maximum Gasteiger partial charge on any atom is 0.258 e. The molecule has 0 unspecified atom stereocenters. The van der Waals surface area contributed by atoms with Gasteiger partial charge in [-0.15, -0.1) is 0 Å². The molecule has 3 heterocycles. The van der Waals surface area contributed by atoms with Gasteiger partial charge in [-0.3, -0.25) is 4.98 Å². The van der Waals surface area contributed by atoms with Gasteiger partial charge in [0, 0.05) is 30.2 Å². The van der Waals surface area contributed by atoms with Crippen LogP contribution in [0.4, 0.5) is 5.69 Å². The van der Waals surface area contributed by atoms with Gasteiger partial charge in [-0.2, -0.15) is 4.98 Å². The molecule has 0 fully saturated rings. The average molecular weight is 265 g/mol. The maximum absolute atomic E-state index is 5.31. The Morgan fingerprint density at radius 3 is 3.10 bits per heavy atom. The van der Waals surface area contributed by atoms with E-state index in [4.69, 9.17) is 4.52 Å². The lowest BCUT2D eigenvalue weighted by molar-refractivity contribution is 0.432. The molecule has 6 heteroatoms. The minimum atomic E-state index is 0.446. The van der Waals surface area contributed by atoms with Crippen LogP contribution in [-0.4, -0.2) is 26.7 Å². The monoisotopic (exact) mass is 265 g/mol. The fourth-order valence-electron chi connectivity index (χ4n) is 2.28. The van der Waals surface area contributed by atoms with Crippen LogP contribution in [0.5, 0.6) is 0 Å². The molecule has 0 bridgehead atoms. The molecular weight excluding hydrogens is 254 g/mol. The van der Waals surface area contributed by atoms with Gasteiger partial charge in [0.25, 0.3) is 5.89 Å². The van der Waals surface area contributed by atoms with Gasteiger partial charge in [0.05, 0.1) is 6.20 Å². The first kappa shape index (κ1) is 11.1. The largest absolute Gasteiger partial charge is 0.384 e. The van der Waals surface area contributed by atoms with E-state index in [2.05, 4.69) is 31.5 Å². The number of hydrogen-bond donors (Lipinski definition) is 1. The van der Waals surface area contributed by atoms with Crippen LogP contribution in [0.3, 0.4) is 0 Å². The van der Waals surface area contributed by atoms with E-state index in [9.17, 15) is 0 Å². The van der Waals surface area contributed by atoms with Crippen molar-refractivity contribution < 1.29 is 4.52 Å². The molecule has 0 aliphatic carbocycles. The van der Waals surface area contributed by atoms with Crippen molar-refractivity contribution in [1.82, 2.24) is 20.1 Å². The van der Waals surface area contributed by atoms with Crippen molar-refractivity contribution in [1.29, 1.82) is 0 Å². The van der Waals surface area contributed by atoms with E-state index in [0.717, 1.165) is 24.2 Å². The highest BCUT2D eigenvalue weighted by Crippen LogP contribution is 2.28. The van der Waals surface area contributed by atoms with E-state index in [1.165, 1.54) is 5.56 Å². The predicted molar refractivity (Wildman–Crippen MR) is 73.0 cm³/mol. The van der Waals surface area contributed by atoms with Gasteiger partial charge in [0.1, 0.15) is 5.69 Å². The van der Waals surface area contributed by atoms with Gasteiger partial charge in [-0.1, -0.05) is 11.2 Å². The van der Waals surface area contributed by atoms with Crippen molar-refractivity contribution >= 4 is 5.69 Å². The van der Waals surface area contributed by atoms with E-state index in [-0.39, 0.29) is 0 Å². The summed E-state index contributed by atoms with van der Waals surface area (Å²) >= 11 is 0. The highest BCUT2D eigenvalue weighted by atomic mass is 16.5. The molecule has 0 amide bonds. The first-order valence-corrected chi connectivity index (χ1v) is 6.37. The maximum atomic E-state index is 5.31. The zero-order chi connectivity index (χ0) is 13.4. The number of rotatable bonds is 2.